The Morgan fingerprint density at radius 3 is 2.59 bits per heavy atom. The molecule has 0 aromatic carbocycles. The number of fused-ring (bicyclic) bond motifs is 1. The Labute approximate surface area is 187 Å². The van der Waals surface area contributed by atoms with Gasteiger partial charge in [0.15, 0.2) is 0 Å². The van der Waals surface area contributed by atoms with Gasteiger partial charge in [0.05, 0.1) is 22.9 Å². The van der Waals surface area contributed by atoms with Crippen LogP contribution in [0.5, 0.6) is 0 Å². The molecule has 3 aromatic rings. The highest BCUT2D eigenvalue weighted by Crippen LogP contribution is 2.25. The number of carbonyl (C=O) groups excluding carboxylic acids is 1. The third-order valence-electron chi connectivity index (χ3n) is 6.23. The van der Waals surface area contributed by atoms with E-state index in [1.807, 2.05) is 18.3 Å². The molecule has 2 N–H and O–H groups in total. The lowest BCUT2D eigenvalue weighted by Crippen LogP contribution is -2.47. The number of rotatable bonds is 6. The maximum atomic E-state index is 12.3. The summed E-state index contributed by atoms with van der Waals surface area (Å²) in [4.78, 5) is 40.6. The highest BCUT2D eigenvalue weighted by atomic mass is 16.1. The Balaban J connectivity index is 1.43. The minimum atomic E-state index is -0.179. The predicted octanol–water partition coefficient (Wildman–Crippen LogP) is 2.51. The van der Waals surface area contributed by atoms with Gasteiger partial charge in [0.2, 0.25) is 0 Å². The lowest BCUT2D eigenvalue weighted by Gasteiger charge is -2.39. The molecule has 1 aliphatic heterocycles. The Hall–Kier alpha value is -3.26. The molecule has 1 fully saturated rings. The Morgan fingerprint density at radius 1 is 1.16 bits per heavy atom. The first-order valence-electron chi connectivity index (χ1n) is 11.2. The van der Waals surface area contributed by atoms with Gasteiger partial charge in [-0.3, -0.25) is 19.5 Å². The van der Waals surface area contributed by atoms with Gasteiger partial charge in [-0.05, 0) is 43.2 Å². The Morgan fingerprint density at radius 2 is 1.94 bits per heavy atom. The molecule has 0 aliphatic carbocycles. The van der Waals surface area contributed by atoms with Crippen molar-refractivity contribution in [3.63, 3.8) is 0 Å². The number of aromatic nitrogens is 3. The van der Waals surface area contributed by atoms with Crippen molar-refractivity contribution in [3.8, 4) is 0 Å². The summed E-state index contributed by atoms with van der Waals surface area (Å²) >= 11 is 0. The molecule has 168 valence electrons. The van der Waals surface area contributed by atoms with E-state index in [-0.39, 0.29) is 17.5 Å². The maximum absolute atomic E-state index is 12.3. The van der Waals surface area contributed by atoms with Gasteiger partial charge >= 0.3 is 0 Å². The van der Waals surface area contributed by atoms with Gasteiger partial charge in [-0.15, -0.1) is 0 Å². The second-order valence-electron chi connectivity index (χ2n) is 8.25. The van der Waals surface area contributed by atoms with Crippen LogP contribution in [0.4, 0.5) is 5.69 Å². The van der Waals surface area contributed by atoms with Crippen LogP contribution in [0.2, 0.25) is 0 Å². The molecule has 0 bridgehead atoms. The molecule has 1 saturated heterocycles. The van der Waals surface area contributed by atoms with Crippen LogP contribution in [0.25, 0.3) is 11.0 Å². The summed E-state index contributed by atoms with van der Waals surface area (Å²) < 4.78 is 0. The third kappa shape index (κ3) is 4.50. The zero-order valence-electron chi connectivity index (χ0n) is 18.9. The van der Waals surface area contributed by atoms with Crippen molar-refractivity contribution in [1.29, 1.82) is 0 Å². The standard InChI is InChI=1S/C24H30N6O2/c1-4-5-17-12-21-22(28-23(17)31)13-18(14-26-21)16(2)29-8-10-30(11-9-29)19-6-7-20(27-15-19)24(32)25-3/h6-7,12-16H,4-5,8-11H2,1-3H3,(H,25,32)(H,28,31). The number of piperazine rings is 1. The minimum absolute atomic E-state index is 0.0180. The SMILES string of the molecule is CCCc1cc2ncc(C(C)N3CCN(c4ccc(C(=O)NC)nc4)CC3)cc2[nH]c1=O. The Kier molecular flexibility index (Phi) is 6.50. The van der Waals surface area contributed by atoms with Crippen LogP contribution in [0.15, 0.2) is 41.5 Å². The first kappa shape index (κ1) is 22.0. The van der Waals surface area contributed by atoms with Crippen molar-refractivity contribution in [2.45, 2.75) is 32.7 Å². The predicted molar refractivity (Wildman–Crippen MR) is 126 cm³/mol. The van der Waals surface area contributed by atoms with Gasteiger partial charge in [-0.2, -0.15) is 0 Å². The minimum Gasteiger partial charge on any atom is -0.368 e. The molecule has 0 saturated carbocycles. The monoisotopic (exact) mass is 434 g/mol. The molecule has 1 atom stereocenters. The normalized spacial score (nSPS) is 15.7. The summed E-state index contributed by atoms with van der Waals surface area (Å²) in [5, 5.41) is 2.59. The zero-order valence-corrected chi connectivity index (χ0v) is 18.9. The highest BCUT2D eigenvalue weighted by molar-refractivity contribution is 5.92. The van der Waals surface area contributed by atoms with Gasteiger partial charge in [-0.1, -0.05) is 13.3 Å². The number of H-pyrrole nitrogens is 1. The molecule has 1 aliphatic rings. The summed E-state index contributed by atoms with van der Waals surface area (Å²) in [5.41, 5.74) is 4.95. The van der Waals surface area contributed by atoms with E-state index in [0.29, 0.717) is 5.69 Å². The molecule has 3 aromatic heterocycles. The number of anilines is 1. The summed E-state index contributed by atoms with van der Waals surface area (Å²) in [7, 11) is 1.60. The lowest BCUT2D eigenvalue weighted by atomic mass is 10.1. The van der Waals surface area contributed by atoms with Crippen molar-refractivity contribution in [2.75, 3.05) is 38.1 Å². The fourth-order valence-corrected chi connectivity index (χ4v) is 4.24. The van der Waals surface area contributed by atoms with E-state index in [4.69, 9.17) is 0 Å². The number of nitrogens with one attached hydrogen (secondary N) is 2. The molecular formula is C24H30N6O2. The first-order chi connectivity index (χ1) is 15.5. The van der Waals surface area contributed by atoms with Crippen molar-refractivity contribution >= 4 is 22.6 Å². The number of pyridine rings is 3. The fraction of sp³-hybridized carbons (Fsp3) is 0.417. The van der Waals surface area contributed by atoms with Crippen molar-refractivity contribution < 1.29 is 4.79 Å². The molecule has 8 heteroatoms. The zero-order chi connectivity index (χ0) is 22.7. The van der Waals surface area contributed by atoms with Gasteiger partial charge in [0.25, 0.3) is 11.5 Å². The van der Waals surface area contributed by atoms with Gasteiger partial charge in [0.1, 0.15) is 5.69 Å². The molecule has 4 rings (SSSR count). The number of carbonyl (C=O) groups is 1. The smallest absolute Gasteiger partial charge is 0.269 e. The molecule has 0 radical (unpaired) electrons. The average Bonchev–Trinajstić information content (AvgIpc) is 2.83. The summed E-state index contributed by atoms with van der Waals surface area (Å²) in [6.45, 7) is 7.82. The molecule has 1 unspecified atom stereocenters. The third-order valence-corrected chi connectivity index (χ3v) is 6.23. The second-order valence-corrected chi connectivity index (χ2v) is 8.25. The van der Waals surface area contributed by atoms with Crippen molar-refractivity contribution in [3.05, 3.63) is 63.8 Å². The summed E-state index contributed by atoms with van der Waals surface area (Å²) in [6.07, 6.45) is 5.39. The van der Waals surface area contributed by atoms with Crippen LogP contribution >= 0.6 is 0 Å². The lowest BCUT2D eigenvalue weighted by molar-refractivity contribution is 0.0958. The van der Waals surface area contributed by atoms with E-state index < -0.39 is 0 Å². The highest BCUT2D eigenvalue weighted by Gasteiger charge is 2.23. The fourth-order valence-electron chi connectivity index (χ4n) is 4.24. The van der Waals surface area contributed by atoms with Crippen molar-refractivity contribution in [1.82, 2.24) is 25.2 Å². The molecule has 8 nitrogen and oxygen atoms in total. The van der Waals surface area contributed by atoms with Gasteiger partial charge in [-0.25, -0.2) is 4.98 Å². The molecule has 0 spiro atoms. The number of nitrogens with zero attached hydrogens (tertiary/aromatic N) is 4. The number of aromatic amines is 1. The molecule has 4 heterocycles. The largest absolute Gasteiger partial charge is 0.368 e. The molecule has 1 amide bonds. The average molecular weight is 435 g/mol. The number of amides is 1. The van der Waals surface area contributed by atoms with E-state index in [1.165, 1.54) is 0 Å². The van der Waals surface area contributed by atoms with Gasteiger partial charge in [0, 0.05) is 51.0 Å². The second kappa shape index (κ2) is 9.48. The van der Waals surface area contributed by atoms with Crippen LogP contribution in [0, 0.1) is 0 Å². The first-order valence-corrected chi connectivity index (χ1v) is 11.2. The summed E-state index contributed by atoms with van der Waals surface area (Å²) in [5.74, 6) is -0.179. The quantitative estimate of drug-likeness (QED) is 0.619. The number of hydrogen-bond acceptors (Lipinski definition) is 6. The van der Waals surface area contributed by atoms with Crippen LogP contribution in [-0.2, 0) is 6.42 Å². The van der Waals surface area contributed by atoms with Crippen LogP contribution in [0.1, 0.15) is 47.9 Å². The maximum Gasteiger partial charge on any atom is 0.269 e. The van der Waals surface area contributed by atoms with Crippen LogP contribution in [0.3, 0.4) is 0 Å². The molecule has 32 heavy (non-hydrogen) atoms. The van der Waals surface area contributed by atoms with E-state index in [1.54, 1.807) is 19.3 Å². The summed E-state index contributed by atoms with van der Waals surface area (Å²) in [6, 6.07) is 7.87. The van der Waals surface area contributed by atoms with Crippen molar-refractivity contribution in [2.24, 2.45) is 0 Å². The molecular weight excluding hydrogens is 404 g/mol. The van der Waals surface area contributed by atoms with Gasteiger partial charge < -0.3 is 15.2 Å². The Bertz CT molecular complexity index is 1150. The van der Waals surface area contributed by atoms with E-state index in [2.05, 4.69) is 50.0 Å². The van der Waals surface area contributed by atoms with Crippen LogP contribution in [-0.4, -0.2) is 59.0 Å². The number of aryl methyl sites for hydroxylation is 1. The van der Waals surface area contributed by atoms with E-state index >= 15 is 0 Å². The topological polar surface area (TPSA) is 94.2 Å². The van der Waals surface area contributed by atoms with Crippen LogP contribution < -0.4 is 15.8 Å². The van der Waals surface area contributed by atoms with E-state index in [0.717, 1.165) is 66.9 Å². The number of hydrogen-bond donors (Lipinski definition) is 2. The van der Waals surface area contributed by atoms with E-state index in [9.17, 15) is 9.59 Å².